The summed E-state index contributed by atoms with van der Waals surface area (Å²) >= 11 is -0.681. The minimum Gasteiger partial charge on any atom is -1.00 e. The third-order valence-corrected chi connectivity index (χ3v) is 15.0. The van der Waals surface area contributed by atoms with Crippen LogP contribution in [-0.4, -0.2) is 13.9 Å². The second kappa shape index (κ2) is 8.55. The summed E-state index contributed by atoms with van der Waals surface area (Å²) in [5.41, 5.74) is 6.58. The van der Waals surface area contributed by atoms with Crippen LogP contribution in [0.5, 0.6) is 0 Å². The SMILES string of the molecule is CC1=C(C)C(C)C([N]([Hf+2]=[Si](C)C)C(C)(C)C)=C1C.[Cl-].[Cl-]. The molecule has 5 heteroatoms. The molecule has 0 fully saturated rings. The fourth-order valence-electron chi connectivity index (χ4n) is 2.52. The summed E-state index contributed by atoms with van der Waals surface area (Å²) in [7, 11) is 0. The van der Waals surface area contributed by atoms with Gasteiger partial charge in [-0.25, -0.2) is 0 Å². The van der Waals surface area contributed by atoms with Crippen LogP contribution in [0, 0.1) is 5.92 Å². The monoisotopic (exact) mass is 500 g/mol. The minimum atomic E-state index is -0.681. The molecular formula is C15H28Cl2HfNSi. The van der Waals surface area contributed by atoms with E-state index in [1.807, 2.05) is 0 Å². The van der Waals surface area contributed by atoms with Crippen molar-refractivity contribution in [3.8, 4) is 0 Å². The predicted octanol–water partition coefficient (Wildman–Crippen LogP) is -1.40. The maximum Gasteiger partial charge on any atom is -1.00 e. The smallest absolute Gasteiger partial charge is 1.00 e. The van der Waals surface area contributed by atoms with Gasteiger partial charge in [-0.05, 0) is 0 Å². The molecule has 0 bridgehead atoms. The number of hydrogen-bond donors (Lipinski definition) is 0. The van der Waals surface area contributed by atoms with Crippen LogP contribution in [0.2, 0.25) is 13.1 Å². The van der Waals surface area contributed by atoms with Gasteiger partial charge in [0.25, 0.3) is 0 Å². The van der Waals surface area contributed by atoms with E-state index in [0.29, 0.717) is 11.5 Å². The third kappa shape index (κ3) is 5.00. The van der Waals surface area contributed by atoms with Gasteiger partial charge in [-0.1, -0.05) is 0 Å². The first-order valence-electron chi connectivity index (χ1n) is 6.83. The maximum absolute atomic E-state index is 2.86. The Morgan fingerprint density at radius 2 is 1.45 bits per heavy atom. The molecule has 0 spiro atoms. The van der Waals surface area contributed by atoms with Crippen LogP contribution in [0.4, 0.5) is 0 Å². The van der Waals surface area contributed by atoms with E-state index in [-0.39, 0.29) is 30.3 Å². The molecule has 1 atom stereocenters. The first-order valence-corrected chi connectivity index (χ1v) is 16.3. The second-order valence-corrected chi connectivity index (χ2v) is 23.7. The Hall–Kier alpha value is 0.947. The molecular weight excluding hydrogens is 472 g/mol. The molecule has 0 heterocycles. The Morgan fingerprint density at radius 3 is 1.70 bits per heavy atom. The summed E-state index contributed by atoms with van der Waals surface area (Å²) in [6, 6.07) is 0. The van der Waals surface area contributed by atoms with Gasteiger partial charge in [-0.15, -0.1) is 0 Å². The normalized spacial score (nSPS) is 18.4. The molecule has 0 aromatic rings. The fourth-order valence-corrected chi connectivity index (χ4v) is 14.5. The van der Waals surface area contributed by atoms with Crippen LogP contribution in [0.1, 0.15) is 48.5 Å². The van der Waals surface area contributed by atoms with Crippen molar-refractivity contribution < 1.29 is 46.6 Å². The number of allylic oxidation sites excluding steroid dienone is 3. The molecule has 0 saturated heterocycles. The van der Waals surface area contributed by atoms with Crippen molar-refractivity contribution in [2.45, 2.75) is 67.1 Å². The van der Waals surface area contributed by atoms with Gasteiger partial charge in [0.15, 0.2) is 0 Å². The quantitative estimate of drug-likeness (QED) is 0.423. The molecule has 1 aliphatic carbocycles. The average molecular weight is 500 g/mol. The van der Waals surface area contributed by atoms with Gasteiger partial charge in [-0.3, -0.25) is 0 Å². The summed E-state index contributed by atoms with van der Waals surface area (Å²) in [6.45, 7) is 21.5. The molecule has 20 heavy (non-hydrogen) atoms. The Labute approximate surface area is 149 Å². The van der Waals surface area contributed by atoms with Gasteiger partial charge < -0.3 is 24.8 Å². The van der Waals surface area contributed by atoms with Gasteiger partial charge in [0.05, 0.1) is 0 Å². The molecule has 1 unspecified atom stereocenters. The van der Waals surface area contributed by atoms with Crippen molar-refractivity contribution in [2.24, 2.45) is 5.92 Å². The van der Waals surface area contributed by atoms with Crippen LogP contribution in [0.25, 0.3) is 0 Å². The van der Waals surface area contributed by atoms with Crippen molar-refractivity contribution >= 4 is 5.49 Å². The minimum absolute atomic E-state index is 0. The number of rotatable bonds is 2. The van der Waals surface area contributed by atoms with Crippen molar-refractivity contribution in [1.82, 2.24) is 2.89 Å². The van der Waals surface area contributed by atoms with Gasteiger partial charge in [0.2, 0.25) is 0 Å². The first kappa shape index (κ1) is 23.2. The zero-order chi connectivity index (χ0) is 14.2. The van der Waals surface area contributed by atoms with E-state index >= 15 is 0 Å². The molecule has 1 rings (SSSR count). The second-order valence-electron chi connectivity index (χ2n) is 6.66. The Balaban J connectivity index is 0. The van der Waals surface area contributed by atoms with E-state index in [1.165, 1.54) is 5.57 Å². The summed E-state index contributed by atoms with van der Waals surface area (Å²) in [6.07, 6.45) is 0. The van der Waals surface area contributed by atoms with E-state index in [9.17, 15) is 0 Å². The summed E-state index contributed by atoms with van der Waals surface area (Å²) in [4.78, 5) is 0. The molecule has 115 valence electrons. The van der Waals surface area contributed by atoms with Crippen molar-refractivity contribution in [3.63, 3.8) is 0 Å². The Morgan fingerprint density at radius 1 is 1.00 bits per heavy atom. The summed E-state index contributed by atoms with van der Waals surface area (Å²) in [5, 5.41) is 0. The molecule has 1 aliphatic rings. The van der Waals surface area contributed by atoms with E-state index in [2.05, 4.69) is 64.4 Å². The summed E-state index contributed by atoms with van der Waals surface area (Å²) in [5.74, 6) is 0.637. The molecule has 0 aromatic carbocycles. The molecule has 0 saturated carbocycles. The Bertz CT molecular complexity index is 443. The van der Waals surface area contributed by atoms with E-state index in [1.54, 1.807) is 16.8 Å². The zero-order valence-electron chi connectivity index (χ0n) is 14.3. The van der Waals surface area contributed by atoms with Gasteiger partial charge >= 0.3 is 126 Å². The maximum atomic E-state index is 2.86. The number of halogens is 2. The summed E-state index contributed by atoms with van der Waals surface area (Å²) < 4.78 is 2.86. The molecule has 1 nitrogen and oxygen atoms in total. The van der Waals surface area contributed by atoms with E-state index in [4.69, 9.17) is 0 Å². The van der Waals surface area contributed by atoms with Gasteiger partial charge in [0, 0.05) is 0 Å². The Kier molecular flexibility index (Phi) is 9.92. The van der Waals surface area contributed by atoms with Crippen LogP contribution < -0.4 is 24.8 Å². The standard InChI is InChI=1S/C13H22N.C2H6Si.2ClH.Hf/c1-8-9(2)11(4)12(10(8)3)14-13(5,6)7;1-3-2;;;/h10H,1-7H3;1-2H3;2*1H;/q-1;;;;+3/p-2. The third-order valence-electron chi connectivity index (χ3n) is 3.85. The van der Waals surface area contributed by atoms with Gasteiger partial charge in [-0.2, -0.15) is 0 Å². The van der Waals surface area contributed by atoms with E-state index in [0.717, 1.165) is 0 Å². The van der Waals surface area contributed by atoms with Crippen LogP contribution in [0.15, 0.2) is 22.4 Å². The molecule has 0 amide bonds. The number of nitrogens with zero attached hydrogens (tertiary/aromatic N) is 1. The number of hydrogen-bond acceptors (Lipinski definition) is 1. The topological polar surface area (TPSA) is 3.24 Å². The van der Waals surface area contributed by atoms with Crippen LogP contribution in [0.3, 0.4) is 0 Å². The van der Waals surface area contributed by atoms with Crippen molar-refractivity contribution in [3.05, 3.63) is 22.4 Å². The van der Waals surface area contributed by atoms with Crippen LogP contribution >= 0.6 is 0 Å². The fraction of sp³-hybridized carbons (Fsp3) is 0.733. The van der Waals surface area contributed by atoms with Crippen LogP contribution in [-0.2, 0) is 21.8 Å². The molecule has 0 N–H and O–H groups in total. The van der Waals surface area contributed by atoms with Crippen molar-refractivity contribution in [2.75, 3.05) is 0 Å². The largest absolute Gasteiger partial charge is 1.00 e. The van der Waals surface area contributed by atoms with E-state index < -0.39 is 21.8 Å². The molecule has 0 aliphatic heterocycles. The van der Waals surface area contributed by atoms with Crippen molar-refractivity contribution in [1.29, 1.82) is 0 Å². The zero-order valence-corrected chi connectivity index (χ0v) is 20.4. The first-order chi connectivity index (χ1) is 8.07. The molecule has 0 aromatic heterocycles. The molecule has 0 radical (unpaired) electrons. The van der Waals surface area contributed by atoms with Gasteiger partial charge in [0.1, 0.15) is 0 Å². The predicted molar refractivity (Wildman–Crippen MR) is 79.3 cm³/mol. The average Bonchev–Trinajstić information content (AvgIpc) is 2.39.